The summed E-state index contributed by atoms with van der Waals surface area (Å²) in [5, 5.41) is 5.42. The number of hydrogen-bond donors (Lipinski definition) is 2. The number of amides is 1. The van der Waals surface area contributed by atoms with Crippen LogP contribution < -0.4 is 25.3 Å². The molecule has 0 saturated carbocycles. The zero-order chi connectivity index (χ0) is 33.6. The van der Waals surface area contributed by atoms with Gasteiger partial charge in [-0.15, -0.1) is 0 Å². The van der Waals surface area contributed by atoms with Crippen molar-refractivity contribution in [1.82, 2.24) is 30.2 Å². The van der Waals surface area contributed by atoms with Gasteiger partial charge < -0.3 is 30.0 Å². The van der Waals surface area contributed by atoms with Gasteiger partial charge in [-0.1, -0.05) is 6.92 Å². The van der Waals surface area contributed by atoms with Crippen LogP contribution in [0.5, 0.6) is 17.2 Å². The predicted octanol–water partition coefficient (Wildman–Crippen LogP) is 5.63. The van der Waals surface area contributed by atoms with Gasteiger partial charge in [-0.3, -0.25) is 19.9 Å². The zero-order valence-electron chi connectivity index (χ0n) is 27.6. The normalized spacial score (nSPS) is 12.2. The predicted molar refractivity (Wildman–Crippen MR) is 182 cm³/mol. The number of likely N-dealkylation sites (N-methyl/N-ethyl adjacent to an activating group) is 1. The Bertz CT molecular complexity index is 1850. The summed E-state index contributed by atoms with van der Waals surface area (Å²) in [7, 11) is 3.18. The van der Waals surface area contributed by atoms with E-state index in [4.69, 9.17) is 24.7 Å². The number of carbonyl (C=O) groups excluding carboxylic acids is 1. The van der Waals surface area contributed by atoms with E-state index in [1.54, 1.807) is 45.2 Å². The molecule has 47 heavy (non-hydrogen) atoms. The number of rotatable bonds is 12. The van der Waals surface area contributed by atoms with E-state index in [1.807, 2.05) is 57.2 Å². The molecule has 0 aliphatic rings. The molecule has 5 aromatic rings. The fourth-order valence-electron chi connectivity index (χ4n) is 5.22. The smallest absolute Gasteiger partial charge is 0.408 e. The lowest BCUT2D eigenvalue weighted by atomic mass is 10.0. The monoisotopic (exact) mass is 639 g/mol. The van der Waals surface area contributed by atoms with Crippen LogP contribution in [0.2, 0.25) is 0 Å². The number of benzene rings is 1. The standard InChI is InChI=1S/C35H41N7O5/c1-7-42(19-22-8-10-37-11-9-22)20-24(40-34(43)47-35(2,3)4)21-46-25-12-23(16-38-17-25)29-13-26-27-14-31(44-5)32(45-6)15-30(27)39-18-28(26)33(36)41-29/h8-18,24H,7,19-21H2,1-6H3,(H2,36,41)(H,40,43)/t24-/m0/s1. The van der Waals surface area contributed by atoms with Crippen LogP contribution >= 0.6 is 0 Å². The van der Waals surface area contributed by atoms with E-state index >= 15 is 0 Å². The second kappa shape index (κ2) is 14.5. The lowest BCUT2D eigenvalue weighted by molar-refractivity contribution is 0.0469. The molecule has 0 spiro atoms. The molecule has 5 rings (SSSR count). The molecule has 4 aromatic heterocycles. The minimum Gasteiger partial charge on any atom is -0.493 e. The Morgan fingerprint density at radius 3 is 2.40 bits per heavy atom. The van der Waals surface area contributed by atoms with Crippen LogP contribution in [0.3, 0.4) is 0 Å². The van der Waals surface area contributed by atoms with E-state index in [-0.39, 0.29) is 12.6 Å². The zero-order valence-corrected chi connectivity index (χ0v) is 27.6. The molecule has 246 valence electrons. The Balaban J connectivity index is 1.40. The average molecular weight is 640 g/mol. The fourth-order valence-corrected chi connectivity index (χ4v) is 5.22. The van der Waals surface area contributed by atoms with E-state index in [2.05, 4.69) is 37.1 Å². The number of fused-ring (bicyclic) bond motifs is 3. The SMILES string of the molecule is CCN(Cc1ccncc1)C[C@@H](COc1cncc(-c2cc3c(cnc4cc(OC)c(OC)cc43)c(N)n2)c1)NC(=O)OC(C)(C)C. The Hall–Kier alpha value is -5.23. The lowest BCUT2D eigenvalue weighted by Gasteiger charge is -2.28. The Labute approximate surface area is 274 Å². The van der Waals surface area contributed by atoms with Crippen molar-refractivity contribution in [1.29, 1.82) is 0 Å². The number of alkyl carbamates (subject to hydrolysis) is 1. The van der Waals surface area contributed by atoms with Crippen molar-refractivity contribution < 1.29 is 23.7 Å². The van der Waals surface area contributed by atoms with Gasteiger partial charge in [0.25, 0.3) is 0 Å². The molecule has 0 saturated heterocycles. The van der Waals surface area contributed by atoms with Crippen LogP contribution in [0.15, 0.2) is 67.4 Å². The molecule has 0 aliphatic heterocycles. The maximum Gasteiger partial charge on any atom is 0.408 e. The number of aromatic nitrogens is 4. The molecule has 4 heterocycles. The third-order valence-corrected chi connectivity index (χ3v) is 7.48. The van der Waals surface area contributed by atoms with Gasteiger partial charge in [0, 0.05) is 60.3 Å². The highest BCUT2D eigenvalue weighted by Gasteiger charge is 2.22. The molecular formula is C35H41N7O5. The van der Waals surface area contributed by atoms with Gasteiger partial charge in [-0.05, 0) is 68.6 Å². The summed E-state index contributed by atoms with van der Waals surface area (Å²) in [5.41, 5.74) is 8.99. The number of nitrogen functional groups attached to an aromatic ring is 1. The first-order valence-electron chi connectivity index (χ1n) is 15.4. The summed E-state index contributed by atoms with van der Waals surface area (Å²) in [6, 6.07) is 11.1. The van der Waals surface area contributed by atoms with Gasteiger partial charge in [0.15, 0.2) is 11.5 Å². The van der Waals surface area contributed by atoms with Crippen LogP contribution in [0.25, 0.3) is 32.9 Å². The number of hydrogen-bond acceptors (Lipinski definition) is 11. The van der Waals surface area contributed by atoms with E-state index < -0.39 is 11.7 Å². The van der Waals surface area contributed by atoms with Gasteiger partial charge >= 0.3 is 6.09 Å². The van der Waals surface area contributed by atoms with E-state index in [0.29, 0.717) is 47.4 Å². The minimum atomic E-state index is -0.636. The first-order valence-corrected chi connectivity index (χ1v) is 15.4. The Morgan fingerprint density at radius 1 is 0.957 bits per heavy atom. The number of ether oxygens (including phenoxy) is 4. The van der Waals surface area contributed by atoms with Crippen molar-refractivity contribution in [2.24, 2.45) is 0 Å². The Morgan fingerprint density at radius 2 is 1.70 bits per heavy atom. The molecule has 0 bridgehead atoms. The number of nitrogens with zero attached hydrogens (tertiary/aromatic N) is 5. The topological polar surface area (TPSA) is 147 Å². The molecule has 1 atom stereocenters. The van der Waals surface area contributed by atoms with Crippen molar-refractivity contribution in [3.05, 3.63) is 72.9 Å². The summed E-state index contributed by atoms with van der Waals surface area (Å²) in [5.74, 6) is 2.02. The number of nitrogens with two attached hydrogens (primary N) is 1. The van der Waals surface area contributed by atoms with Gasteiger partial charge in [0.2, 0.25) is 0 Å². The van der Waals surface area contributed by atoms with Crippen molar-refractivity contribution >= 4 is 33.6 Å². The second-order valence-electron chi connectivity index (χ2n) is 12.1. The molecule has 0 fully saturated rings. The molecule has 1 amide bonds. The van der Waals surface area contributed by atoms with Crippen molar-refractivity contribution in [2.75, 3.05) is 39.6 Å². The molecular weight excluding hydrogens is 598 g/mol. The van der Waals surface area contributed by atoms with Crippen molar-refractivity contribution in [3.63, 3.8) is 0 Å². The highest BCUT2D eigenvalue weighted by atomic mass is 16.6. The first kappa shape index (κ1) is 33.1. The molecule has 12 nitrogen and oxygen atoms in total. The summed E-state index contributed by atoms with van der Waals surface area (Å²) in [4.78, 5) is 32.8. The molecule has 0 radical (unpaired) electrons. The molecule has 1 aromatic carbocycles. The highest BCUT2D eigenvalue weighted by Crippen LogP contribution is 2.37. The summed E-state index contributed by atoms with van der Waals surface area (Å²) in [6.45, 7) is 9.75. The van der Waals surface area contributed by atoms with Crippen LogP contribution in [0, 0.1) is 0 Å². The van der Waals surface area contributed by atoms with Gasteiger partial charge in [0.05, 0.1) is 37.7 Å². The van der Waals surface area contributed by atoms with E-state index in [1.165, 1.54) is 0 Å². The minimum absolute atomic E-state index is 0.183. The fraction of sp³-hybridized carbons (Fsp3) is 0.343. The summed E-state index contributed by atoms with van der Waals surface area (Å²) < 4.78 is 22.8. The summed E-state index contributed by atoms with van der Waals surface area (Å²) >= 11 is 0. The van der Waals surface area contributed by atoms with Crippen molar-refractivity contribution in [3.8, 4) is 28.5 Å². The highest BCUT2D eigenvalue weighted by molar-refractivity contribution is 6.10. The quantitative estimate of drug-likeness (QED) is 0.164. The maximum atomic E-state index is 12.8. The molecule has 0 unspecified atom stereocenters. The number of carbonyl (C=O) groups is 1. The van der Waals surface area contributed by atoms with Crippen LogP contribution in [0.1, 0.15) is 33.3 Å². The van der Waals surface area contributed by atoms with E-state index in [9.17, 15) is 4.79 Å². The number of nitrogens with one attached hydrogen (secondary N) is 1. The second-order valence-corrected chi connectivity index (χ2v) is 12.1. The molecule has 12 heteroatoms. The third-order valence-electron chi connectivity index (χ3n) is 7.48. The lowest BCUT2D eigenvalue weighted by Crippen LogP contribution is -2.48. The molecule has 3 N–H and O–H groups in total. The van der Waals surface area contributed by atoms with Crippen LogP contribution in [-0.4, -0.2) is 76.5 Å². The van der Waals surface area contributed by atoms with Gasteiger partial charge in [-0.25, -0.2) is 9.78 Å². The van der Waals surface area contributed by atoms with Crippen LogP contribution in [-0.2, 0) is 11.3 Å². The van der Waals surface area contributed by atoms with Crippen molar-refractivity contribution in [2.45, 2.75) is 45.9 Å². The van der Waals surface area contributed by atoms with E-state index in [0.717, 1.165) is 33.8 Å². The number of methoxy groups -OCH3 is 2. The number of pyridine rings is 4. The Kier molecular flexibility index (Phi) is 10.2. The number of anilines is 1. The largest absolute Gasteiger partial charge is 0.493 e. The third kappa shape index (κ3) is 8.33. The average Bonchev–Trinajstić information content (AvgIpc) is 3.05. The first-order chi connectivity index (χ1) is 22.6. The van der Waals surface area contributed by atoms with Gasteiger partial charge in [-0.2, -0.15) is 0 Å². The summed E-state index contributed by atoms with van der Waals surface area (Å²) in [6.07, 6.45) is 8.08. The molecule has 0 aliphatic carbocycles. The van der Waals surface area contributed by atoms with Crippen LogP contribution in [0.4, 0.5) is 10.6 Å². The van der Waals surface area contributed by atoms with Gasteiger partial charge in [0.1, 0.15) is 23.8 Å². The maximum absolute atomic E-state index is 12.8.